The molecule has 0 unspecified atom stereocenters. The third-order valence-electron chi connectivity index (χ3n) is 2.55. The molecule has 0 aromatic heterocycles. The van der Waals surface area contributed by atoms with E-state index in [0.717, 1.165) is 10.9 Å². The van der Waals surface area contributed by atoms with Gasteiger partial charge in [0.1, 0.15) is 0 Å². The maximum atomic E-state index is 11.9. The lowest BCUT2D eigenvalue weighted by Gasteiger charge is -2.17. The molecule has 0 aliphatic carbocycles. The summed E-state index contributed by atoms with van der Waals surface area (Å²) in [4.78, 5) is 20.1. The van der Waals surface area contributed by atoms with E-state index in [9.17, 15) is 4.79 Å². The molecule has 0 atom stereocenters. The van der Waals surface area contributed by atoms with Gasteiger partial charge in [-0.2, -0.15) is 0 Å². The fraction of sp³-hybridized carbons (Fsp3) is 0.385. The number of amidine groups is 1. The number of carbonyl (C=O) groups is 1. The first-order valence-corrected chi connectivity index (χ1v) is 6.78. The predicted octanol–water partition coefficient (Wildman–Crippen LogP) is 1.95. The Bertz CT molecular complexity index is 468. The van der Waals surface area contributed by atoms with Crippen molar-refractivity contribution in [2.75, 3.05) is 31.4 Å². The first-order valence-electron chi connectivity index (χ1n) is 5.79. The average Bonchev–Trinajstić information content (AvgIpc) is 2.69. The SMILES string of the molecule is Cc1ccc(N2C(=O)CSC2=NCN(C)C)cc1. The van der Waals surface area contributed by atoms with E-state index >= 15 is 0 Å². The van der Waals surface area contributed by atoms with Crippen molar-refractivity contribution in [2.45, 2.75) is 6.92 Å². The summed E-state index contributed by atoms with van der Waals surface area (Å²) < 4.78 is 0. The van der Waals surface area contributed by atoms with Crippen LogP contribution in [0.25, 0.3) is 0 Å². The maximum Gasteiger partial charge on any atom is 0.243 e. The lowest BCUT2D eigenvalue weighted by Crippen LogP contribution is -2.30. The Kier molecular flexibility index (Phi) is 4.04. The van der Waals surface area contributed by atoms with Gasteiger partial charge in [-0.05, 0) is 33.2 Å². The normalized spacial score (nSPS) is 18.1. The lowest BCUT2D eigenvalue weighted by atomic mass is 10.2. The van der Waals surface area contributed by atoms with Crippen LogP contribution in [-0.4, -0.2) is 42.5 Å². The van der Waals surface area contributed by atoms with Crippen LogP contribution in [0.1, 0.15) is 5.56 Å². The summed E-state index contributed by atoms with van der Waals surface area (Å²) in [6.07, 6.45) is 0. The number of benzene rings is 1. The monoisotopic (exact) mass is 263 g/mol. The van der Waals surface area contributed by atoms with Gasteiger partial charge in [0, 0.05) is 0 Å². The van der Waals surface area contributed by atoms with Crippen LogP contribution >= 0.6 is 11.8 Å². The van der Waals surface area contributed by atoms with E-state index in [1.165, 1.54) is 17.3 Å². The van der Waals surface area contributed by atoms with Crippen molar-refractivity contribution in [1.82, 2.24) is 4.90 Å². The van der Waals surface area contributed by atoms with Gasteiger partial charge in [0.25, 0.3) is 0 Å². The predicted molar refractivity (Wildman–Crippen MR) is 77.1 cm³/mol. The Morgan fingerprint density at radius 3 is 2.61 bits per heavy atom. The van der Waals surface area contributed by atoms with E-state index in [4.69, 9.17) is 0 Å². The van der Waals surface area contributed by atoms with Gasteiger partial charge in [-0.25, -0.2) is 4.99 Å². The molecule has 1 amide bonds. The second kappa shape index (κ2) is 5.54. The molecule has 2 rings (SSSR count). The first kappa shape index (κ1) is 13.1. The smallest absolute Gasteiger partial charge is 0.243 e. The van der Waals surface area contributed by atoms with Crippen molar-refractivity contribution in [1.29, 1.82) is 0 Å². The lowest BCUT2D eigenvalue weighted by molar-refractivity contribution is -0.115. The third-order valence-corrected chi connectivity index (χ3v) is 3.51. The Morgan fingerprint density at radius 2 is 2.00 bits per heavy atom. The fourth-order valence-corrected chi connectivity index (χ4v) is 2.50. The minimum atomic E-state index is 0.0985. The molecule has 4 nitrogen and oxygen atoms in total. The number of hydrogen-bond donors (Lipinski definition) is 0. The topological polar surface area (TPSA) is 35.9 Å². The fourth-order valence-electron chi connectivity index (χ4n) is 1.63. The van der Waals surface area contributed by atoms with E-state index < -0.39 is 0 Å². The van der Waals surface area contributed by atoms with Crippen LogP contribution in [0.3, 0.4) is 0 Å². The van der Waals surface area contributed by atoms with Crippen LogP contribution in [0.5, 0.6) is 0 Å². The average molecular weight is 263 g/mol. The van der Waals surface area contributed by atoms with Crippen molar-refractivity contribution < 1.29 is 4.79 Å². The summed E-state index contributed by atoms with van der Waals surface area (Å²) in [6, 6.07) is 7.94. The number of carbonyl (C=O) groups excluding carboxylic acids is 1. The second-order valence-corrected chi connectivity index (χ2v) is 5.46. The summed E-state index contributed by atoms with van der Waals surface area (Å²) in [6.45, 7) is 2.63. The largest absolute Gasteiger partial charge is 0.291 e. The number of aryl methyl sites for hydroxylation is 1. The summed E-state index contributed by atoms with van der Waals surface area (Å²) in [7, 11) is 3.92. The van der Waals surface area contributed by atoms with E-state index in [1.54, 1.807) is 4.90 Å². The highest BCUT2D eigenvalue weighted by Gasteiger charge is 2.29. The van der Waals surface area contributed by atoms with E-state index in [2.05, 4.69) is 4.99 Å². The van der Waals surface area contributed by atoms with Crippen molar-refractivity contribution in [3.05, 3.63) is 29.8 Å². The zero-order valence-corrected chi connectivity index (χ0v) is 11.7. The van der Waals surface area contributed by atoms with Crippen LogP contribution in [0.15, 0.2) is 29.3 Å². The van der Waals surface area contributed by atoms with Crippen molar-refractivity contribution in [2.24, 2.45) is 4.99 Å². The molecule has 1 fully saturated rings. The maximum absolute atomic E-state index is 11.9. The summed E-state index contributed by atoms with van der Waals surface area (Å²) in [5.74, 6) is 0.571. The first-order chi connectivity index (χ1) is 8.58. The molecule has 1 aromatic rings. The van der Waals surface area contributed by atoms with Gasteiger partial charge in [0.15, 0.2) is 5.17 Å². The van der Waals surface area contributed by atoms with Crippen LogP contribution in [0.4, 0.5) is 5.69 Å². The zero-order valence-electron chi connectivity index (χ0n) is 10.9. The highest BCUT2D eigenvalue weighted by molar-refractivity contribution is 8.15. The summed E-state index contributed by atoms with van der Waals surface area (Å²) in [5.41, 5.74) is 2.08. The van der Waals surface area contributed by atoms with E-state index in [1.807, 2.05) is 50.2 Å². The van der Waals surface area contributed by atoms with Crippen LogP contribution in [-0.2, 0) is 4.79 Å². The molecule has 5 heteroatoms. The number of aliphatic imine (C=N–C) groups is 1. The van der Waals surface area contributed by atoms with Crippen molar-refractivity contribution in [3.8, 4) is 0 Å². The molecular weight excluding hydrogens is 246 g/mol. The molecule has 0 radical (unpaired) electrons. The molecule has 1 aromatic carbocycles. The van der Waals surface area contributed by atoms with Gasteiger partial charge in [-0.3, -0.25) is 14.6 Å². The highest BCUT2D eigenvalue weighted by Crippen LogP contribution is 2.26. The number of rotatable bonds is 3. The van der Waals surface area contributed by atoms with Crippen LogP contribution in [0.2, 0.25) is 0 Å². The molecule has 18 heavy (non-hydrogen) atoms. The Morgan fingerprint density at radius 1 is 1.33 bits per heavy atom. The molecule has 1 heterocycles. The molecular formula is C13H17N3OS. The second-order valence-electron chi connectivity index (χ2n) is 4.52. The van der Waals surface area contributed by atoms with Crippen LogP contribution in [0, 0.1) is 6.92 Å². The van der Waals surface area contributed by atoms with E-state index in [-0.39, 0.29) is 5.91 Å². The summed E-state index contributed by atoms with van der Waals surface area (Å²) >= 11 is 1.50. The Labute approximate surface area is 112 Å². The van der Waals surface area contributed by atoms with Gasteiger partial charge in [0.05, 0.1) is 18.1 Å². The van der Waals surface area contributed by atoms with Gasteiger partial charge >= 0.3 is 0 Å². The Balaban J connectivity index is 2.25. The molecule has 1 aliphatic heterocycles. The third kappa shape index (κ3) is 2.91. The molecule has 1 aliphatic rings. The van der Waals surface area contributed by atoms with E-state index in [0.29, 0.717) is 12.4 Å². The molecule has 0 bridgehead atoms. The molecule has 0 N–H and O–H groups in total. The van der Waals surface area contributed by atoms with Gasteiger partial charge in [0.2, 0.25) is 5.91 Å². The van der Waals surface area contributed by atoms with Gasteiger partial charge in [-0.15, -0.1) is 0 Å². The van der Waals surface area contributed by atoms with Gasteiger partial charge < -0.3 is 0 Å². The molecule has 1 saturated heterocycles. The highest BCUT2D eigenvalue weighted by atomic mass is 32.2. The molecule has 0 spiro atoms. The number of hydrogen-bond acceptors (Lipinski definition) is 4. The number of thioether (sulfide) groups is 1. The van der Waals surface area contributed by atoms with Crippen LogP contribution < -0.4 is 4.90 Å². The molecule has 96 valence electrons. The summed E-state index contributed by atoms with van der Waals surface area (Å²) in [5, 5.41) is 0.789. The van der Waals surface area contributed by atoms with Crippen molar-refractivity contribution in [3.63, 3.8) is 0 Å². The number of nitrogens with zero attached hydrogens (tertiary/aromatic N) is 3. The van der Waals surface area contributed by atoms with Crippen molar-refractivity contribution >= 4 is 28.5 Å². The molecule has 0 saturated carbocycles. The Hall–Kier alpha value is -1.33. The minimum absolute atomic E-state index is 0.0985. The zero-order chi connectivity index (χ0) is 13.1. The standard InChI is InChI=1S/C13H17N3OS/c1-10-4-6-11(7-5-10)16-12(17)8-18-13(16)14-9-15(2)3/h4-7H,8-9H2,1-3H3. The quantitative estimate of drug-likeness (QED) is 0.836. The van der Waals surface area contributed by atoms with Gasteiger partial charge in [-0.1, -0.05) is 29.5 Å². The number of anilines is 1. The number of amides is 1. The minimum Gasteiger partial charge on any atom is -0.291 e.